The van der Waals surface area contributed by atoms with Crippen LogP contribution in [0.25, 0.3) is 0 Å². The van der Waals surface area contributed by atoms with Crippen molar-refractivity contribution in [2.24, 2.45) is 0 Å². The molecule has 0 radical (unpaired) electrons. The van der Waals surface area contributed by atoms with Crippen molar-refractivity contribution < 1.29 is 4.39 Å². The van der Waals surface area contributed by atoms with Gasteiger partial charge in [-0.3, -0.25) is 0 Å². The second kappa shape index (κ2) is 4.22. The van der Waals surface area contributed by atoms with Crippen molar-refractivity contribution in [2.75, 3.05) is 6.54 Å². The van der Waals surface area contributed by atoms with Gasteiger partial charge in [0.2, 0.25) is 0 Å². The van der Waals surface area contributed by atoms with Crippen molar-refractivity contribution in [3.63, 3.8) is 0 Å². The van der Waals surface area contributed by atoms with Crippen molar-refractivity contribution in [3.05, 3.63) is 34.3 Å². The van der Waals surface area contributed by atoms with E-state index in [-0.39, 0.29) is 6.04 Å². The van der Waals surface area contributed by atoms with Crippen molar-refractivity contribution in [3.8, 4) is 0 Å². The van der Waals surface area contributed by atoms with E-state index in [1.807, 2.05) is 24.3 Å². The smallest absolute Gasteiger partial charge is 0.148 e. The summed E-state index contributed by atoms with van der Waals surface area (Å²) in [6.07, 6.45) is 1.98. The fourth-order valence-corrected chi connectivity index (χ4v) is 2.54. The average Bonchev–Trinajstić information content (AvgIpc) is 2.71. The SMILES string of the molecule is CC(F)(c1cccc(Br)c1)C1CCCN1. The van der Waals surface area contributed by atoms with Crippen LogP contribution in [0, 0.1) is 0 Å². The molecule has 2 rings (SSSR count). The highest BCUT2D eigenvalue weighted by molar-refractivity contribution is 9.10. The molecular weight excluding hydrogens is 257 g/mol. The summed E-state index contributed by atoms with van der Waals surface area (Å²) in [5.41, 5.74) is -0.531. The molecule has 1 aliphatic heterocycles. The number of halogens is 2. The third kappa shape index (κ3) is 2.23. The van der Waals surface area contributed by atoms with Gasteiger partial charge in [0.05, 0.1) is 0 Å². The maximum atomic E-state index is 14.6. The molecule has 1 fully saturated rings. The molecule has 15 heavy (non-hydrogen) atoms. The van der Waals surface area contributed by atoms with Gasteiger partial charge in [0, 0.05) is 10.5 Å². The summed E-state index contributed by atoms with van der Waals surface area (Å²) in [6, 6.07) is 7.46. The minimum atomic E-state index is -1.28. The highest BCUT2D eigenvalue weighted by Gasteiger charge is 2.37. The first-order chi connectivity index (χ1) is 7.10. The maximum absolute atomic E-state index is 14.6. The Balaban J connectivity index is 2.27. The number of benzene rings is 1. The number of nitrogens with one attached hydrogen (secondary N) is 1. The molecule has 0 saturated carbocycles. The number of rotatable bonds is 2. The monoisotopic (exact) mass is 271 g/mol. The predicted molar refractivity (Wildman–Crippen MR) is 63.6 cm³/mol. The van der Waals surface area contributed by atoms with Crippen molar-refractivity contribution >= 4 is 15.9 Å². The van der Waals surface area contributed by atoms with Gasteiger partial charge in [0.25, 0.3) is 0 Å². The van der Waals surface area contributed by atoms with E-state index in [9.17, 15) is 4.39 Å². The topological polar surface area (TPSA) is 12.0 Å². The number of hydrogen-bond acceptors (Lipinski definition) is 1. The Labute approximate surface area is 98.2 Å². The molecule has 1 aromatic carbocycles. The Morgan fingerprint density at radius 3 is 2.93 bits per heavy atom. The zero-order valence-corrected chi connectivity index (χ0v) is 10.3. The van der Waals surface area contributed by atoms with Gasteiger partial charge in [0.1, 0.15) is 5.67 Å². The summed E-state index contributed by atoms with van der Waals surface area (Å²) in [7, 11) is 0. The molecule has 82 valence electrons. The summed E-state index contributed by atoms with van der Waals surface area (Å²) in [4.78, 5) is 0. The van der Waals surface area contributed by atoms with Crippen LogP contribution >= 0.6 is 15.9 Å². The fraction of sp³-hybridized carbons (Fsp3) is 0.500. The largest absolute Gasteiger partial charge is 0.311 e. The van der Waals surface area contributed by atoms with E-state index in [4.69, 9.17) is 0 Å². The molecule has 0 aromatic heterocycles. The van der Waals surface area contributed by atoms with Gasteiger partial charge in [-0.15, -0.1) is 0 Å². The lowest BCUT2D eigenvalue weighted by molar-refractivity contribution is 0.137. The Bertz CT molecular complexity index is 345. The molecule has 2 atom stereocenters. The highest BCUT2D eigenvalue weighted by Crippen LogP contribution is 2.34. The standard InChI is InChI=1S/C12H15BrFN/c1-12(14,11-6-3-7-15-11)9-4-2-5-10(13)8-9/h2,4-5,8,11,15H,3,6-7H2,1H3. The number of hydrogen-bond donors (Lipinski definition) is 1. The van der Waals surface area contributed by atoms with E-state index in [0.29, 0.717) is 0 Å². The third-order valence-corrected chi connectivity index (χ3v) is 3.60. The Hall–Kier alpha value is -0.410. The molecule has 1 aromatic rings. The first-order valence-corrected chi connectivity index (χ1v) is 6.08. The minimum Gasteiger partial charge on any atom is -0.311 e. The van der Waals surface area contributed by atoms with E-state index < -0.39 is 5.67 Å². The average molecular weight is 272 g/mol. The second-order valence-electron chi connectivity index (χ2n) is 4.23. The molecule has 1 saturated heterocycles. The molecule has 0 aliphatic carbocycles. The lowest BCUT2D eigenvalue weighted by Gasteiger charge is -2.28. The first-order valence-electron chi connectivity index (χ1n) is 5.29. The van der Waals surface area contributed by atoms with Crippen LogP contribution in [0.2, 0.25) is 0 Å². The van der Waals surface area contributed by atoms with Crippen LogP contribution in [0.3, 0.4) is 0 Å². The van der Waals surface area contributed by atoms with Gasteiger partial charge < -0.3 is 5.32 Å². The molecule has 3 heteroatoms. The normalized spacial score (nSPS) is 25.1. The molecule has 1 N–H and O–H groups in total. The minimum absolute atomic E-state index is 0.0493. The van der Waals surface area contributed by atoms with Gasteiger partial charge >= 0.3 is 0 Å². The van der Waals surface area contributed by atoms with Gasteiger partial charge in [0.15, 0.2) is 0 Å². The van der Waals surface area contributed by atoms with Crippen LogP contribution in [0.1, 0.15) is 25.3 Å². The van der Waals surface area contributed by atoms with Gasteiger partial charge in [-0.1, -0.05) is 28.1 Å². The summed E-state index contributed by atoms with van der Waals surface area (Å²) < 4.78 is 15.6. The van der Waals surface area contributed by atoms with Crippen molar-refractivity contribution in [1.29, 1.82) is 0 Å². The van der Waals surface area contributed by atoms with Gasteiger partial charge in [-0.05, 0) is 44.0 Å². The van der Waals surface area contributed by atoms with Crippen LogP contribution in [0.4, 0.5) is 4.39 Å². The van der Waals surface area contributed by atoms with E-state index in [2.05, 4.69) is 21.2 Å². The summed E-state index contributed by atoms with van der Waals surface area (Å²) in [5, 5.41) is 3.22. The molecule has 0 spiro atoms. The lowest BCUT2D eigenvalue weighted by Crippen LogP contribution is -2.39. The van der Waals surface area contributed by atoms with E-state index >= 15 is 0 Å². The molecule has 2 unspecified atom stereocenters. The van der Waals surface area contributed by atoms with Crippen LogP contribution in [0.5, 0.6) is 0 Å². The summed E-state index contributed by atoms with van der Waals surface area (Å²) in [6.45, 7) is 2.59. The van der Waals surface area contributed by atoms with E-state index in [1.165, 1.54) is 0 Å². The van der Waals surface area contributed by atoms with Gasteiger partial charge in [-0.25, -0.2) is 4.39 Å². The predicted octanol–water partition coefficient (Wildman–Crippen LogP) is 3.39. The third-order valence-electron chi connectivity index (χ3n) is 3.10. The van der Waals surface area contributed by atoms with Crippen LogP contribution in [-0.4, -0.2) is 12.6 Å². The van der Waals surface area contributed by atoms with Crippen molar-refractivity contribution in [1.82, 2.24) is 5.32 Å². The van der Waals surface area contributed by atoms with Crippen LogP contribution in [0.15, 0.2) is 28.7 Å². The van der Waals surface area contributed by atoms with Crippen LogP contribution in [-0.2, 0) is 5.67 Å². The Morgan fingerprint density at radius 2 is 2.33 bits per heavy atom. The Kier molecular flexibility index (Phi) is 3.12. The van der Waals surface area contributed by atoms with E-state index in [1.54, 1.807) is 6.92 Å². The molecule has 1 heterocycles. The second-order valence-corrected chi connectivity index (χ2v) is 5.15. The van der Waals surface area contributed by atoms with E-state index in [0.717, 1.165) is 29.4 Å². The first kappa shape index (κ1) is 11.1. The Morgan fingerprint density at radius 1 is 1.53 bits per heavy atom. The summed E-state index contributed by atoms with van der Waals surface area (Å²) >= 11 is 3.38. The lowest BCUT2D eigenvalue weighted by atomic mass is 9.89. The molecular formula is C12H15BrFN. The van der Waals surface area contributed by atoms with Crippen LogP contribution < -0.4 is 5.32 Å². The molecule has 1 nitrogen and oxygen atoms in total. The highest BCUT2D eigenvalue weighted by atomic mass is 79.9. The molecule has 0 amide bonds. The van der Waals surface area contributed by atoms with Crippen molar-refractivity contribution in [2.45, 2.75) is 31.5 Å². The quantitative estimate of drug-likeness (QED) is 0.870. The summed E-state index contributed by atoms with van der Waals surface area (Å²) in [5.74, 6) is 0. The number of alkyl halides is 1. The van der Waals surface area contributed by atoms with Gasteiger partial charge in [-0.2, -0.15) is 0 Å². The molecule has 1 aliphatic rings. The molecule has 0 bridgehead atoms. The fourth-order valence-electron chi connectivity index (χ4n) is 2.14. The zero-order valence-electron chi connectivity index (χ0n) is 8.76. The maximum Gasteiger partial charge on any atom is 0.148 e. The zero-order chi connectivity index (χ0) is 10.9.